The number of rotatable bonds is 7. The second-order valence-corrected chi connectivity index (χ2v) is 7.59. The Morgan fingerprint density at radius 1 is 0.914 bits per heavy atom. The third-order valence-electron chi connectivity index (χ3n) is 5.44. The fourth-order valence-corrected chi connectivity index (χ4v) is 3.77. The first-order chi connectivity index (χ1) is 16.7. The molecule has 1 amide bonds. The zero-order chi connectivity index (χ0) is 25.2. The lowest BCUT2D eigenvalue weighted by Crippen LogP contribution is -2.29. The van der Waals surface area contributed by atoms with Crippen molar-refractivity contribution in [1.29, 1.82) is 0 Å². The number of imidazole rings is 1. The molecule has 1 unspecified atom stereocenters. The minimum atomic E-state index is -4.60. The molecule has 0 radical (unpaired) electrons. The number of alkyl halides is 3. The van der Waals surface area contributed by atoms with E-state index >= 15 is 0 Å². The number of amides is 1. The van der Waals surface area contributed by atoms with Crippen LogP contribution in [0.1, 0.15) is 33.4 Å². The number of nitrogens with zero attached hydrogens (tertiary/aromatic N) is 1. The average Bonchev–Trinajstić information content (AvgIpc) is 3.31. The number of carbonyl (C=O) groups excluding carboxylic acids is 1. The van der Waals surface area contributed by atoms with E-state index in [9.17, 15) is 18.0 Å². The molecule has 0 aliphatic carbocycles. The van der Waals surface area contributed by atoms with Gasteiger partial charge in [0.15, 0.2) is 11.5 Å². The molecular weight excluding hydrogens is 463 g/mol. The van der Waals surface area contributed by atoms with Gasteiger partial charge in [-0.3, -0.25) is 4.79 Å². The van der Waals surface area contributed by atoms with Crippen LogP contribution in [0.25, 0.3) is 11.0 Å². The number of hydrogen-bond donors (Lipinski definition) is 2. The van der Waals surface area contributed by atoms with E-state index in [4.69, 9.17) is 14.2 Å². The highest BCUT2D eigenvalue weighted by Crippen LogP contribution is 2.38. The third kappa shape index (κ3) is 4.86. The minimum absolute atomic E-state index is 0.170. The Hall–Kier alpha value is -4.21. The first kappa shape index (κ1) is 23.9. The van der Waals surface area contributed by atoms with Crippen molar-refractivity contribution >= 4 is 16.9 Å². The van der Waals surface area contributed by atoms with Gasteiger partial charge in [-0.15, -0.1) is 0 Å². The van der Waals surface area contributed by atoms with Crippen molar-refractivity contribution < 1.29 is 32.2 Å². The molecule has 182 valence electrons. The molecule has 1 aromatic heterocycles. The summed E-state index contributed by atoms with van der Waals surface area (Å²) in [6.45, 7) is 0. The number of carbonyl (C=O) groups is 1. The highest BCUT2D eigenvalue weighted by Gasteiger charge is 2.34. The largest absolute Gasteiger partial charge is 0.493 e. The van der Waals surface area contributed by atoms with Gasteiger partial charge in [0.2, 0.25) is 11.6 Å². The number of H-pyrrole nitrogens is 1. The van der Waals surface area contributed by atoms with Crippen LogP contribution >= 0.6 is 0 Å². The van der Waals surface area contributed by atoms with Crippen LogP contribution < -0.4 is 19.5 Å². The summed E-state index contributed by atoms with van der Waals surface area (Å²) in [5.41, 5.74) is 1.94. The van der Waals surface area contributed by atoms with E-state index in [0.29, 0.717) is 22.8 Å². The molecule has 0 saturated carbocycles. The number of nitrogens with one attached hydrogen (secondary N) is 2. The Labute approximate surface area is 198 Å². The van der Waals surface area contributed by atoms with Crippen LogP contribution in [-0.2, 0) is 6.18 Å². The van der Waals surface area contributed by atoms with E-state index in [1.807, 2.05) is 30.3 Å². The van der Waals surface area contributed by atoms with Crippen molar-refractivity contribution in [2.24, 2.45) is 0 Å². The molecule has 1 heterocycles. The van der Waals surface area contributed by atoms with E-state index in [2.05, 4.69) is 15.3 Å². The summed E-state index contributed by atoms with van der Waals surface area (Å²) >= 11 is 0. The molecule has 0 bridgehead atoms. The third-order valence-corrected chi connectivity index (χ3v) is 5.44. The first-order valence-corrected chi connectivity index (χ1v) is 10.5. The van der Waals surface area contributed by atoms with E-state index in [0.717, 1.165) is 5.56 Å². The summed E-state index contributed by atoms with van der Waals surface area (Å²) in [5, 5.41) is 2.96. The summed E-state index contributed by atoms with van der Waals surface area (Å²) < 4.78 is 55.3. The van der Waals surface area contributed by atoms with E-state index < -0.39 is 23.9 Å². The Morgan fingerprint density at radius 2 is 1.57 bits per heavy atom. The molecule has 35 heavy (non-hydrogen) atoms. The number of methoxy groups -OCH3 is 3. The predicted octanol–water partition coefficient (Wildman–Crippen LogP) is 5.13. The molecule has 0 aliphatic rings. The Balaban J connectivity index is 1.74. The lowest BCUT2D eigenvalue weighted by atomic mass is 9.97. The maximum atomic E-state index is 13.3. The second-order valence-electron chi connectivity index (χ2n) is 7.59. The van der Waals surface area contributed by atoms with Gasteiger partial charge in [-0.25, -0.2) is 4.98 Å². The van der Waals surface area contributed by atoms with Gasteiger partial charge < -0.3 is 24.5 Å². The number of fused-ring (bicyclic) bond motifs is 1. The quantitative estimate of drug-likeness (QED) is 0.379. The molecule has 4 aromatic rings. The van der Waals surface area contributed by atoms with Crippen LogP contribution in [-0.4, -0.2) is 37.2 Å². The van der Waals surface area contributed by atoms with Gasteiger partial charge >= 0.3 is 6.18 Å². The number of ether oxygens (including phenoxy) is 3. The normalized spacial score (nSPS) is 12.3. The number of hydrogen-bond acceptors (Lipinski definition) is 5. The lowest BCUT2D eigenvalue weighted by molar-refractivity contribution is -0.144. The zero-order valence-corrected chi connectivity index (χ0v) is 19.1. The lowest BCUT2D eigenvalue weighted by Gasteiger charge is -2.21. The minimum Gasteiger partial charge on any atom is -0.493 e. The SMILES string of the molecule is COc1cc(C(=O)NC(c2ccccc2)c2ccc3nc(C(F)(F)F)[nH]c3c2)cc(OC)c1OC. The van der Waals surface area contributed by atoms with Crippen molar-refractivity contribution in [1.82, 2.24) is 15.3 Å². The predicted molar refractivity (Wildman–Crippen MR) is 123 cm³/mol. The smallest absolute Gasteiger partial charge is 0.449 e. The second kappa shape index (κ2) is 9.57. The van der Waals surface area contributed by atoms with Crippen LogP contribution in [0, 0.1) is 0 Å². The van der Waals surface area contributed by atoms with E-state index in [-0.39, 0.29) is 16.6 Å². The molecule has 0 fully saturated rings. The first-order valence-electron chi connectivity index (χ1n) is 10.5. The summed E-state index contributed by atoms with van der Waals surface area (Å²) in [5.74, 6) is -0.559. The Morgan fingerprint density at radius 3 is 2.14 bits per heavy atom. The highest BCUT2D eigenvalue weighted by molar-refractivity contribution is 5.96. The van der Waals surface area contributed by atoms with Gasteiger partial charge in [0.1, 0.15) is 0 Å². The number of benzene rings is 3. The maximum absolute atomic E-state index is 13.3. The monoisotopic (exact) mass is 485 g/mol. The Kier molecular flexibility index (Phi) is 6.54. The zero-order valence-electron chi connectivity index (χ0n) is 19.1. The fraction of sp³-hybridized carbons (Fsp3) is 0.200. The molecule has 1 atom stereocenters. The fourth-order valence-electron chi connectivity index (χ4n) is 3.77. The van der Waals surface area contributed by atoms with Crippen LogP contribution in [0.15, 0.2) is 60.7 Å². The van der Waals surface area contributed by atoms with Crippen molar-refractivity contribution in [2.75, 3.05) is 21.3 Å². The van der Waals surface area contributed by atoms with Crippen molar-refractivity contribution in [2.45, 2.75) is 12.2 Å². The topological polar surface area (TPSA) is 85.5 Å². The summed E-state index contributed by atoms with van der Waals surface area (Å²) in [7, 11) is 4.35. The highest BCUT2D eigenvalue weighted by atomic mass is 19.4. The van der Waals surface area contributed by atoms with Gasteiger partial charge in [-0.05, 0) is 35.4 Å². The van der Waals surface area contributed by atoms with Crippen LogP contribution in [0.5, 0.6) is 17.2 Å². The molecule has 0 saturated heterocycles. The van der Waals surface area contributed by atoms with E-state index in [1.54, 1.807) is 12.1 Å². The number of halogens is 3. The van der Waals surface area contributed by atoms with E-state index in [1.165, 1.54) is 39.5 Å². The molecule has 3 aromatic carbocycles. The van der Waals surface area contributed by atoms with Gasteiger partial charge in [0, 0.05) is 5.56 Å². The van der Waals surface area contributed by atoms with Crippen molar-refractivity contribution in [3.05, 3.63) is 83.2 Å². The number of aromatic nitrogens is 2. The van der Waals surface area contributed by atoms with Gasteiger partial charge in [-0.2, -0.15) is 13.2 Å². The molecule has 7 nitrogen and oxygen atoms in total. The van der Waals surface area contributed by atoms with Gasteiger partial charge in [0.25, 0.3) is 5.91 Å². The van der Waals surface area contributed by atoms with Crippen molar-refractivity contribution in [3.8, 4) is 17.2 Å². The standard InChI is InChI=1S/C25H22F3N3O4/c1-33-19-12-16(13-20(34-2)22(19)35-3)23(32)31-21(14-7-5-4-6-8-14)15-9-10-17-18(11-15)30-24(29-17)25(26,27)28/h4-13,21H,1-3H3,(H,29,30)(H,31,32). The summed E-state index contributed by atoms with van der Waals surface area (Å²) in [6, 6.07) is 16.1. The van der Waals surface area contributed by atoms with Gasteiger partial charge in [0.05, 0.1) is 38.4 Å². The summed E-state index contributed by atoms with van der Waals surface area (Å²) in [4.78, 5) is 19.2. The average molecular weight is 485 g/mol. The molecule has 0 spiro atoms. The van der Waals surface area contributed by atoms with Crippen LogP contribution in [0.2, 0.25) is 0 Å². The molecule has 2 N–H and O–H groups in total. The summed E-state index contributed by atoms with van der Waals surface area (Å²) in [6.07, 6.45) is -4.60. The molecule has 0 aliphatic heterocycles. The molecular formula is C25H22F3N3O4. The van der Waals surface area contributed by atoms with Crippen LogP contribution in [0.3, 0.4) is 0 Å². The van der Waals surface area contributed by atoms with Crippen LogP contribution in [0.4, 0.5) is 13.2 Å². The number of aromatic amines is 1. The molecule has 10 heteroatoms. The Bertz CT molecular complexity index is 1330. The molecule has 4 rings (SSSR count). The van der Waals surface area contributed by atoms with Crippen molar-refractivity contribution in [3.63, 3.8) is 0 Å². The maximum Gasteiger partial charge on any atom is 0.449 e. The van der Waals surface area contributed by atoms with Gasteiger partial charge in [-0.1, -0.05) is 36.4 Å².